The Kier molecular flexibility index (Phi) is 4.94. The zero-order valence-corrected chi connectivity index (χ0v) is 15.4. The minimum Gasteiger partial charge on any atom is -0.349 e. The zero-order valence-electron chi connectivity index (χ0n) is 15.4. The molecule has 27 heavy (non-hydrogen) atoms. The lowest BCUT2D eigenvalue weighted by molar-refractivity contribution is -0.142. The number of piperidine rings is 1. The first-order valence-electron chi connectivity index (χ1n) is 9.61. The number of hydrogen-bond donors (Lipinski definition) is 2. The molecule has 2 aromatic carbocycles. The molecule has 2 aliphatic rings. The van der Waals surface area contributed by atoms with Crippen LogP contribution < -0.4 is 10.6 Å². The number of carbonyl (C=O) groups excluding carboxylic acids is 2. The van der Waals surface area contributed by atoms with Crippen molar-refractivity contribution in [2.75, 3.05) is 26.2 Å². The first-order valence-corrected chi connectivity index (χ1v) is 9.61. The fourth-order valence-corrected chi connectivity index (χ4v) is 4.15. The molecular weight excluding hydrogens is 338 g/mol. The van der Waals surface area contributed by atoms with E-state index in [2.05, 4.69) is 10.6 Å². The maximum atomic E-state index is 13.7. The third-order valence-electron chi connectivity index (χ3n) is 5.65. The third-order valence-corrected chi connectivity index (χ3v) is 5.65. The number of amides is 2. The summed E-state index contributed by atoms with van der Waals surface area (Å²) in [6, 6.07) is 20.1. The summed E-state index contributed by atoms with van der Waals surface area (Å²) < 4.78 is 0. The maximum Gasteiger partial charge on any atom is 0.239 e. The first-order chi connectivity index (χ1) is 13.2. The average molecular weight is 363 g/mol. The van der Waals surface area contributed by atoms with Crippen molar-refractivity contribution in [3.8, 4) is 0 Å². The number of nitrogens with one attached hydrogen (secondary N) is 2. The molecule has 2 heterocycles. The van der Waals surface area contributed by atoms with Gasteiger partial charge in [-0.3, -0.25) is 9.59 Å². The molecule has 0 aliphatic carbocycles. The molecule has 0 spiro atoms. The average Bonchev–Trinajstić information content (AvgIpc) is 2.68. The van der Waals surface area contributed by atoms with Crippen LogP contribution in [0.5, 0.6) is 0 Å². The van der Waals surface area contributed by atoms with Gasteiger partial charge < -0.3 is 15.5 Å². The van der Waals surface area contributed by atoms with Crippen molar-refractivity contribution in [2.24, 2.45) is 0 Å². The molecular formula is C22H25N3O2. The van der Waals surface area contributed by atoms with Gasteiger partial charge in [0.05, 0.1) is 18.0 Å². The molecule has 0 atom stereocenters. The largest absolute Gasteiger partial charge is 0.349 e. The minimum absolute atomic E-state index is 0.0213. The highest BCUT2D eigenvalue weighted by Crippen LogP contribution is 2.41. The van der Waals surface area contributed by atoms with Crippen molar-refractivity contribution in [2.45, 2.75) is 24.3 Å². The van der Waals surface area contributed by atoms with Crippen LogP contribution in [0.2, 0.25) is 0 Å². The minimum atomic E-state index is -0.723. The summed E-state index contributed by atoms with van der Waals surface area (Å²) in [4.78, 5) is 27.8. The quantitative estimate of drug-likeness (QED) is 0.850. The third kappa shape index (κ3) is 3.35. The molecule has 0 unspecified atom stereocenters. The Hall–Kier alpha value is -2.66. The Balaban J connectivity index is 1.64. The molecule has 2 fully saturated rings. The zero-order chi connectivity index (χ0) is 18.7. The summed E-state index contributed by atoms with van der Waals surface area (Å²) in [6.07, 6.45) is 1.62. The highest BCUT2D eigenvalue weighted by molar-refractivity contribution is 5.95. The van der Waals surface area contributed by atoms with E-state index >= 15 is 0 Å². The number of nitrogens with zero attached hydrogens (tertiary/aromatic N) is 1. The fraction of sp³-hybridized carbons (Fsp3) is 0.364. The molecule has 0 aromatic heterocycles. The second-order valence-corrected chi connectivity index (χ2v) is 7.39. The topological polar surface area (TPSA) is 61.4 Å². The summed E-state index contributed by atoms with van der Waals surface area (Å²) in [5, 5.41) is 6.14. The molecule has 2 saturated heterocycles. The van der Waals surface area contributed by atoms with Crippen molar-refractivity contribution >= 4 is 11.8 Å². The van der Waals surface area contributed by atoms with Crippen LogP contribution in [0.25, 0.3) is 0 Å². The van der Waals surface area contributed by atoms with Gasteiger partial charge in [-0.05, 0) is 24.0 Å². The van der Waals surface area contributed by atoms with Crippen molar-refractivity contribution in [1.82, 2.24) is 15.5 Å². The standard InChI is InChI=1S/C22H25N3O2/c26-20(24-19-14-23-15-19)16-25-13-7-12-22(21(25)27,17-8-3-1-4-9-17)18-10-5-2-6-11-18/h1-6,8-11,19,23H,7,12-16H2,(H,24,26). The van der Waals surface area contributed by atoms with Crippen LogP contribution in [0.4, 0.5) is 0 Å². The van der Waals surface area contributed by atoms with Gasteiger partial charge in [0.25, 0.3) is 0 Å². The van der Waals surface area contributed by atoms with E-state index in [1.165, 1.54) is 0 Å². The normalized spacial score (nSPS) is 19.4. The van der Waals surface area contributed by atoms with Crippen LogP contribution >= 0.6 is 0 Å². The van der Waals surface area contributed by atoms with Gasteiger partial charge in [0, 0.05) is 19.6 Å². The van der Waals surface area contributed by atoms with E-state index in [4.69, 9.17) is 0 Å². The highest BCUT2D eigenvalue weighted by atomic mass is 16.2. The summed E-state index contributed by atoms with van der Waals surface area (Å²) in [6.45, 7) is 2.35. The van der Waals surface area contributed by atoms with E-state index < -0.39 is 5.41 Å². The second-order valence-electron chi connectivity index (χ2n) is 7.39. The van der Waals surface area contributed by atoms with Gasteiger partial charge in [-0.2, -0.15) is 0 Å². The van der Waals surface area contributed by atoms with Crippen LogP contribution in [0, 0.1) is 0 Å². The van der Waals surface area contributed by atoms with E-state index in [9.17, 15) is 9.59 Å². The van der Waals surface area contributed by atoms with E-state index in [0.717, 1.165) is 37.1 Å². The van der Waals surface area contributed by atoms with Crippen LogP contribution in [0.1, 0.15) is 24.0 Å². The van der Waals surface area contributed by atoms with E-state index in [0.29, 0.717) is 6.54 Å². The lowest BCUT2D eigenvalue weighted by atomic mass is 9.68. The Morgan fingerprint density at radius 2 is 1.63 bits per heavy atom. The van der Waals surface area contributed by atoms with Gasteiger partial charge in [0.1, 0.15) is 0 Å². The summed E-state index contributed by atoms with van der Waals surface area (Å²) in [5.41, 5.74) is 1.27. The Morgan fingerprint density at radius 1 is 1.04 bits per heavy atom. The molecule has 5 nitrogen and oxygen atoms in total. The molecule has 140 valence electrons. The molecule has 0 saturated carbocycles. The Morgan fingerprint density at radius 3 is 2.15 bits per heavy atom. The van der Waals surface area contributed by atoms with E-state index in [-0.39, 0.29) is 24.4 Å². The summed E-state index contributed by atoms with van der Waals surface area (Å²) in [5.74, 6) is -0.0557. The SMILES string of the molecule is O=C(CN1CCCC(c2ccccc2)(c2ccccc2)C1=O)NC1CNC1. The summed E-state index contributed by atoms with van der Waals surface area (Å²) >= 11 is 0. The lowest BCUT2D eigenvalue weighted by Gasteiger charge is -2.42. The molecule has 2 N–H and O–H groups in total. The predicted octanol–water partition coefficient (Wildman–Crippen LogP) is 1.68. The van der Waals surface area contributed by atoms with Crippen LogP contribution in [0.3, 0.4) is 0 Å². The molecule has 0 bridgehead atoms. The predicted molar refractivity (Wildman–Crippen MR) is 104 cm³/mol. The van der Waals surface area contributed by atoms with Crippen molar-refractivity contribution in [3.05, 3.63) is 71.8 Å². The van der Waals surface area contributed by atoms with Crippen LogP contribution in [-0.2, 0) is 15.0 Å². The number of hydrogen-bond acceptors (Lipinski definition) is 3. The van der Waals surface area contributed by atoms with Gasteiger partial charge in [-0.25, -0.2) is 0 Å². The number of rotatable bonds is 5. The monoisotopic (exact) mass is 363 g/mol. The smallest absolute Gasteiger partial charge is 0.239 e. The second kappa shape index (κ2) is 7.53. The molecule has 4 rings (SSSR count). The van der Waals surface area contributed by atoms with Crippen molar-refractivity contribution in [1.29, 1.82) is 0 Å². The van der Waals surface area contributed by atoms with Crippen LogP contribution in [-0.4, -0.2) is 48.9 Å². The Labute approximate surface area is 159 Å². The van der Waals surface area contributed by atoms with Gasteiger partial charge in [0.2, 0.25) is 11.8 Å². The van der Waals surface area contributed by atoms with Gasteiger partial charge >= 0.3 is 0 Å². The lowest BCUT2D eigenvalue weighted by Crippen LogP contribution is -2.60. The maximum absolute atomic E-state index is 13.7. The molecule has 5 heteroatoms. The van der Waals surface area contributed by atoms with Crippen molar-refractivity contribution in [3.63, 3.8) is 0 Å². The summed E-state index contributed by atoms with van der Waals surface area (Å²) in [7, 11) is 0. The fourth-order valence-electron chi connectivity index (χ4n) is 4.15. The number of likely N-dealkylation sites (tertiary alicyclic amines) is 1. The van der Waals surface area contributed by atoms with Gasteiger partial charge in [-0.1, -0.05) is 60.7 Å². The van der Waals surface area contributed by atoms with Gasteiger partial charge in [0.15, 0.2) is 0 Å². The van der Waals surface area contributed by atoms with Crippen molar-refractivity contribution < 1.29 is 9.59 Å². The number of carbonyl (C=O) groups is 2. The van der Waals surface area contributed by atoms with Gasteiger partial charge in [-0.15, -0.1) is 0 Å². The highest BCUT2D eigenvalue weighted by Gasteiger charge is 2.46. The van der Waals surface area contributed by atoms with E-state index in [1.54, 1.807) is 4.90 Å². The molecule has 0 radical (unpaired) electrons. The Bertz CT molecular complexity index is 763. The first kappa shape index (κ1) is 17.7. The molecule has 2 aliphatic heterocycles. The number of benzene rings is 2. The molecule has 2 amide bonds. The van der Waals surface area contributed by atoms with E-state index in [1.807, 2.05) is 60.7 Å². The molecule has 2 aromatic rings. The van der Waals surface area contributed by atoms with Crippen LogP contribution in [0.15, 0.2) is 60.7 Å².